The lowest BCUT2D eigenvalue weighted by Crippen LogP contribution is -2.43. The first-order chi connectivity index (χ1) is 5.86. The summed E-state index contributed by atoms with van der Waals surface area (Å²) in [7, 11) is 1.16. The van der Waals surface area contributed by atoms with Crippen molar-refractivity contribution in [2.24, 2.45) is 0 Å². The first kappa shape index (κ1) is 11.7. The Morgan fingerprint density at radius 2 is 1.85 bits per heavy atom. The molecular weight excluding hydrogens is 178 g/mol. The molecule has 3 N–H and O–H groups in total. The molecule has 0 aliphatic rings. The molecule has 0 saturated carbocycles. The maximum atomic E-state index is 10.6. The van der Waals surface area contributed by atoms with E-state index >= 15 is 0 Å². The molecule has 6 heteroatoms. The van der Waals surface area contributed by atoms with Crippen LogP contribution in [0.15, 0.2) is 0 Å². The van der Waals surface area contributed by atoms with Gasteiger partial charge in [0.2, 0.25) is 0 Å². The first-order valence-electron chi connectivity index (χ1n) is 3.73. The molecule has 0 aromatic heterocycles. The zero-order chi connectivity index (χ0) is 10.6. The Kier molecular flexibility index (Phi) is 4.19. The van der Waals surface area contributed by atoms with Crippen molar-refractivity contribution >= 4 is 12.1 Å². The van der Waals surface area contributed by atoms with Crippen molar-refractivity contribution < 1.29 is 24.9 Å². The monoisotopic (exact) mass is 191 g/mol. The van der Waals surface area contributed by atoms with Gasteiger partial charge in [0.1, 0.15) is 6.04 Å². The van der Waals surface area contributed by atoms with Crippen LogP contribution in [0.1, 0.15) is 13.3 Å². The van der Waals surface area contributed by atoms with Crippen LogP contribution in [0.4, 0.5) is 4.79 Å². The third-order valence-electron chi connectivity index (χ3n) is 1.62. The van der Waals surface area contributed by atoms with E-state index in [1.165, 1.54) is 6.92 Å². The van der Waals surface area contributed by atoms with E-state index in [4.69, 9.17) is 15.3 Å². The number of nitrogens with zero attached hydrogens (tertiary/aromatic N) is 1. The summed E-state index contributed by atoms with van der Waals surface area (Å²) in [4.78, 5) is 21.6. The van der Waals surface area contributed by atoms with Gasteiger partial charge < -0.3 is 15.3 Å². The number of likely N-dealkylation sites (N-methyl/N-ethyl adjacent to an activating group) is 1. The van der Waals surface area contributed by atoms with Gasteiger partial charge in [-0.1, -0.05) is 0 Å². The average Bonchev–Trinajstić information content (AvgIpc) is 1.97. The SMILES string of the molecule is CC(O)CC(C(=O)O)N(C)C(=O)O. The standard InChI is InChI=1S/C7H13NO5/c1-4(9)3-5(6(10)11)8(2)7(12)13/h4-5,9H,3H2,1-2H3,(H,10,11)(H,12,13). The van der Waals surface area contributed by atoms with E-state index in [0.717, 1.165) is 7.05 Å². The molecule has 13 heavy (non-hydrogen) atoms. The number of hydrogen-bond acceptors (Lipinski definition) is 3. The number of aliphatic hydroxyl groups excluding tert-OH is 1. The maximum Gasteiger partial charge on any atom is 0.407 e. The highest BCUT2D eigenvalue weighted by atomic mass is 16.4. The smallest absolute Gasteiger partial charge is 0.407 e. The third kappa shape index (κ3) is 3.75. The van der Waals surface area contributed by atoms with Crippen LogP contribution in [-0.2, 0) is 4.79 Å². The van der Waals surface area contributed by atoms with Crippen molar-refractivity contribution in [1.29, 1.82) is 0 Å². The fraction of sp³-hybridized carbons (Fsp3) is 0.714. The summed E-state index contributed by atoms with van der Waals surface area (Å²) in [6.45, 7) is 1.41. The highest BCUT2D eigenvalue weighted by Gasteiger charge is 2.27. The van der Waals surface area contributed by atoms with Crippen LogP contribution in [0.2, 0.25) is 0 Å². The van der Waals surface area contributed by atoms with Gasteiger partial charge in [-0.2, -0.15) is 0 Å². The van der Waals surface area contributed by atoms with Crippen LogP contribution in [0.5, 0.6) is 0 Å². The fourth-order valence-electron chi connectivity index (χ4n) is 0.881. The van der Waals surface area contributed by atoms with Crippen molar-refractivity contribution in [3.05, 3.63) is 0 Å². The van der Waals surface area contributed by atoms with Gasteiger partial charge in [-0.25, -0.2) is 9.59 Å². The summed E-state index contributed by atoms with van der Waals surface area (Å²) in [6, 6.07) is -1.20. The molecule has 0 radical (unpaired) electrons. The topological polar surface area (TPSA) is 98.1 Å². The third-order valence-corrected chi connectivity index (χ3v) is 1.62. The molecule has 0 aromatic carbocycles. The number of aliphatic hydroxyl groups is 1. The van der Waals surface area contributed by atoms with E-state index in [-0.39, 0.29) is 6.42 Å². The molecule has 0 fully saturated rings. The molecule has 0 aliphatic heterocycles. The van der Waals surface area contributed by atoms with Crippen LogP contribution < -0.4 is 0 Å². The molecular formula is C7H13NO5. The second kappa shape index (κ2) is 4.66. The van der Waals surface area contributed by atoms with Gasteiger partial charge in [0.15, 0.2) is 0 Å². The molecule has 0 spiro atoms. The quantitative estimate of drug-likeness (QED) is 0.572. The lowest BCUT2D eigenvalue weighted by Gasteiger charge is -2.22. The fourth-order valence-corrected chi connectivity index (χ4v) is 0.881. The molecule has 1 amide bonds. The Labute approximate surface area is 75.4 Å². The van der Waals surface area contributed by atoms with Gasteiger partial charge in [0, 0.05) is 13.5 Å². The van der Waals surface area contributed by atoms with Crippen LogP contribution in [0, 0.1) is 0 Å². The normalized spacial score (nSPS) is 14.7. The zero-order valence-electron chi connectivity index (χ0n) is 7.47. The Morgan fingerprint density at radius 1 is 1.38 bits per heavy atom. The van der Waals surface area contributed by atoms with Crippen LogP contribution in [0.25, 0.3) is 0 Å². The van der Waals surface area contributed by atoms with E-state index in [9.17, 15) is 9.59 Å². The average molecular weight is 191 g/mol. The molecule has 0 aromatic rings. The van der Waals surface area contributed by atoms with E-state index in [1.54, 1.807) is 0 Å². The summed E-state index contributed by atoms with van der Waals surface area (Å²) in [5.41, 5.74) is 0. The minimum absolute atomic E-state index is 0.113. The molecule has 0 rings (SSSR count). The number of carboxylic acid groups (broad SMARTS) is 2. The zero-order valence-corrected chi connectivity index (χ0v) is 7.47. The van der Waals surface area contributed by atoms with E-state index in [0.29, 0.717) is 4.90 Å². The van der Waals surface area contributed by atoms with Crippen molar-refractivity contribution in [2.75, 3.05) is 7.05 Å². The van der Waals surface area contributed by atoms with Crippen LogP contribution in [0.3, 0.4) is 0 Å². The highest BCUT2D eigenvalue weighted by molar-refractivity contribution is 5.79. The molecule has 2 atom stereocenters. The van der Waals surface area contributed by atoms with Crippen LogP contribution in [-0.4, -0.2) is 51.5 Å². The Balaban J connectivity index is 4.42. The predicted molar refractivity (Wildman–Crippen MR) is 43.5 cm³/mol. The number of amides is 1. The summed E-state index contributed by atoms with van der Waals surface area (Å²) in [6.07, 6.45) is -2.28. The molecule has 2 unspecified atom stereocenters. The van der Waals surface area contributed by atoms with Crippen molar-refractivity contribution in [2.45, 2.75) is 25.5 Å². The Bertz CT molecular complexity index is 203. The molecule has 0 heterocycles. The van der Waals surface area contributed by atoms with Gasteiger partial charge in [0.25, 0.3) is 0 Å². The maximum absolute atomic E-state index is 10.6. The molecule has 0 aliphatic carbocycles. The summed E-state index contributed by atoms with van der Waals surface area (Å²) >= 11 is 0. The lowest BCUT2D eigenvalue weighted by atomic mass is 10.1. The number of rotatable bonds is 4. The predicted octanol–water partition coefficient (Wildman–Crippen LogP) is -0.180. The second-order valence-corrected chi connectivity index (χ2v) is 2.83. The molecule has 0 bridgehead atoms. The van der Waals surface area contributed by atoms with Crippen molar-refractivity contribution in [3.8, 4) is 0 Å². The Hall–Kier alpha value is -1.30. The van der Waals surface area contributed by atoms with E-state index < -0.39 is 24.2 Å². The van der Waals surface area contributed by atoms with Gasteiger partial charge >= 0.3 is 12.1 Å². The highest BCUT2D eigenvalue weighted by Crippen LogP contribution is 2.06. The Morgan fingerprint density at radius 3 is 2.08 bits per heavy atom. The summed E-state index contributed by atoms with van der Waals surface area (Å²) < 4.78 is 0. The van der Waals surface area contributed by atoms with Crippen LogP contribution >= 0.6 is 0 Å². The van der Waals surface area contributed by atoms with E-state index in [2.05, 4.69) is 0 Å². The van der Waals surface area contributed by atoms with Gasteiger partial charge in [0.05, 0.1) is 6.10 Å². The number of carboxylic acids is 1. The largest absolute Gasteiger partial charge is 0.480 e. The lowest BCUT2D eigenvalue weighted by molar-refractivity contribution is -0.143. The van der Waals surface area contributed by atoms with Crippen molar-refractivity contribution in [3.63, 3.8) is 0 Å². The van der Waals surface area contributed by atoms with Gasteiger partial charge in [-0.15, -0.1) is 0 Å². The minimum Gasteiger partial charge on any atom is -0.480 e. The molecule has 76 valence electrons. The van der Waals surface area contributed by atoms with Crippen molar-refractivity contribution in [1.82, 2.24) is 4.90 Å². The molecule has 6 nitrogen and oxygen atoms in total. The number of aliphatic carboxylic acids is 1. The second-order valence-electron chi connectivity index (χ2n) is 2.83. The summed E-state index contributed by atoms with van der Waals surface area (Å²) in [5, 5.41) is 26.0. The minimum atomic E-state index is -1.33. The van der Waals surface area contributed by atoms with Gasteiger partial charge in [-0.3, -0.25) is 4.90 Å². The first-order valence-corrected chi connectivity index (χ1v) is 3.73. The summed E-state index contributed by atoms with van der Waals surface area (Å²) in [5.74, 6) is -1.26. The number of carbonyl (C=O) groups is 2. The van der Waals surface area contributed by atoms with E-state index in [1.807, 2.05) is 0 Å². The van der Waals surface area contributed by atoms with Gasteiger partial charge in [-0.05, 0) is 6.92 Å². The molecule has 0 saturated heterocycles. The number of hydrogen-bond donors (Lipinski definition) is 3.